The Balaban J connectivity index is 1.72. The van der Waals surface area contributed by atoms with Gasteiger partial charge in [0, 0.05) is 19.2 Å². The molecule has 0 heterocycles. The Morgan fingerprint density at radius 3 is 2.25 bits per heavy atom. The molecular formula is C23H23FN2O5S. The van der Waals surface area contributed by atoms with Crippen molar-refractivity contribution >= 4 is 21.6 Å². The van der Waals surface area contributed by atoms with E-state index >= 15 is 0 Å². The van der Waals surface area contributed by atoms with Crippen LogP contribution in [0.2, 0.25) is 0 Å². The predicted molar refractivity (Wildman–Crippen MR) is 119 cm³/mol. The Morgan fingerprint density at radius 1 is 0.969 bits per heavy atom. The summed E-state index contributed by atoms with van der Waals surface area (Å²) in [5.41, 5.74) is 1.21. The molecule has 0 saturated heterocycles. The van der Waals surface area contributed by atoms with Crippen molar-refractivity contribution < 1.29 is 27.1 Å². The van der Waals surface area contributed by atoms with Gasteiger partial charge in [-0.25, -0.2) is 12.8 Å². The Morgan fingerprint density at radius 2 is 1.62 bits per heavy atom. The molecule has 0 bridgehead atoms. The van der Waals surface area contributed by atoms with Crippen molar-refractivity contribution in [1.29, 1.82) is 0 Å². The molecule has 0 aliphatic rings. The maximum atomic E-state index is 13.9. The van der Waals surface area contributed by atoms with Crippen LogP contribution >= 0.6 is 0 Å². The molecule has 0 saturated carbocycles. The van der Waals surface area contributed by atoms with Gasteiger partial charge in [-0.2, -0.15) is 0 Å². The van der Waals surface area contributed by atoms with Crippen LogP contribution in [0, 0.1) is 5.82 Å². The van der Waals surface area contributed by atoms with Crippen LogP contribution in [-0.4, -0.2) is 40.5 Å². The molecule has 0 aliphatic heterocycles. The first-order valence-electron chi connectivity index (χ1n) is 9.59. The average molecular weight is 459 g/mol. The molecule has 0 atom stereocenters. The number of rotatable bonds is 8. The number of nitrogens with zero attached hydrogens (tertiary/aromatic N) is 1. The summed E-state index contributed by atoms with van der Waals surface area (Å²) in [4.78, 5) is 14.1. The molecule has 0 aromatic heterocycles. The van der Waals surface area contributed by atoms with Gasteiger partial charge < -0.3 is 14.4 Å². The quantitative estimate of drug-likeness (QED) is 0.553. The van der Waals surface area contributed by atoms with Gasteiger partial charge >= 0.3 is 0 Å². The fourth-order valence-electron chi connectivity index (χ4n) is 3.08. The molecule has 3 rings (SSSR count). The second kappa shape index (κ2) is 9.69. The third-order valence-corrected chi connectivity index (χ3v) is 6.13. The minimum Gasteiger partial charge on any atom is -0.495 e. The van der Waals surface area contributed by atoms with Crippen LogP contribution in [0.25, 0.3) is 0 Å². The van der Waals surface area contributed by atoms with E-state index in [9.17, 15) is 17.6 Å². The molecule has 3 aromatic rings. The number of hydrogen-bond donors (Lipinski definition) is 1. The second-order valence-electron chi connectivity index (χ2n) is 6.96. The molecule has 0 aliphatic carbocycles. The lowest BCUT2D eigenvalue weighted by Crippen LogP contribution is -2.26. The van der Waals surface area contributed by atoms with Gasteiger partial charge in [-0.05, 0) is 54.1 Å². The van der Waals surface area contributed by atoms with E-state index in [2.05, 4.69) is 4.72 Å². The number of amides is 1. The number of methoxy groups -OCH3 is 2. The fraction of sp³-hybridized carbons (Fsp3) is 0.174. The molecule has 0 unspecified atom stereocenters. The van der Waals surface area contributed by atoms with Crippen molar-refractivity contribution in [1.82, 2.24) is 4.90 Å². The van der Waals surface area contributed by atoms with Crippen LogP contribution in [0.1, 0.15) is 15.9 Å². The normalized spacial score (nSPS) is 11.0. The standard InChI is InChI=1S/C23H23FN2O5S/c1-26(15-16-8-13-21(30-2)19(24)14-16)23(27)17-9-11-18(12-10-17)32(28,29)25-20-6-4-5-7-22(20)31-3/h4-14,25H,15H2,1-3H3. The maximum Gasteiger partial charge on any atom is 0.262 e. The van der Waals surface area contributed by atoms with Gasteiger partial charge in [-0.1, -0.05) is 18.2 Å². The highest BCUT2D eigenvalue weighted by atomic mass is 32.2. The van der Waals surface area contributed by atoms with Crippen molar-refractivity contribution in [2.45, 2.75) is 11.4 Å². The van der Waals surface area contributed by atoms with E-state index in [1.165, 1.54) is 55.5 Å². The number of benzene rings is 3. The number of halogens is 1. The highest BCUT2D eigenvalue weighted by Gasteiger charge is 2.18. The number of carbonyl (C=O) groups is 1. The Bertz CT molecular complexity index is 1210. The summed E-state index contributed by atoms with van der Waals surface area (Å²) in [6, 6.07) is 16.7. The van der Waals surface area contributed by atoms with E-state index in [-0.39, 0.29) is 23.1 Å². The largest absolute Gasteiger partial charge is 0.495 e. The van der Waals surface area contributed by atoms with Crippen molar-refractivity contribution in [3.63, 3.8) is 0 Å². The molecule has 3 aromatic carbocycles. The smallest absolute Gasteiger partial charge is 0.262 e. The Kier molecular flexibility index (Phi) is 6.99. The molecule has 1 N–H and O–H groups in total. The van der Waals surface area contributed by atoms with Gasteiger partial charge in [0.1, 0.15) is 5.75 Å². The van der Waals surface area contributed by atoms with Gasteiger partial charge in [0.15, 0.2) is 11.6 Å². The lowest BCUT2D eigenvalue weighted by Gasteiger charge is -2.18. The zero-order valence-corrected chi connectivity index (χ0v) is 18.6. The summed E-state index contributed by atoms with van der Waals surface area (Å²) in [6.07, 6.45) is 0. The molecule has 9 heteroatoms. The van der Waals surface area contributed by atoms with E-state index in [4.69, 9.17) is 9.47 Å². The van der Waals surface area contributed by atoms with Crippen molar-refractivity contribution in [2.24, 2.45) is 0 Å². The van der Waals surface area contributed by atoms with Gasteiger partial charge in [0.25, 0.3) is 15.9 Å². The minimum atomic E-state index is -3.88. The maximum absolute atomic E-state index is 13.9. The zero-order valence-electron chi connectivity index (χ0n) is 17.8. The first kappa shape index (κ1) is 23.1. The summed E-state index contributed by atoms with van der Waals surface area (Å²) in [5.74, 6) is -0.327. The molecule has 0 spiro atoms. The summed E-state index contributed by atoms with van der Waals surface area (Å²) >= 11 is 0. The number of nitrogens with one attached hydrogen (secondary N) is 1. The number of sulfonamides is 1. The monoisotopic (exact) mass is 458 g/mol. The van der Waals surface area contributed by atoms with E-state index in [0.717, 1.165) is 0 Å². The summed E-state index contributed by atoms with van der Waals surface area (Å²) in [5, 5.41) is 0. The SMILES string of the molecule is COc1ccc(CN(C)C(=O)c2ccc(S(=O)(=O)Nc3ccccc3OC)cc2)cc1F. The molecule has 32 heavy (non-hydrogen) atoms. The Hall–Kier alpha value is -3.59. The van der Waals surface area contributed by atoms with E-state index < -0.39 is 15.8 Å². The van der Waals surface area contributed by atoms with E-state index in [1.807, 2.05) is 0 Å². The summed E-state index contributed by atoms with van der Waals surface area (Å²) in [7, 11) is 0.532. The lowest BCUT2D eigenvalue weighted by atomic mass is 10.1. The third kappa shape index (κ3) is 5.17. The number of ether oxygens (including phenoxy) is 2. The highest BCUT2D eigenvalue weighted by molar-refractivity contribution is 7.92. The molecule has 1 amide bonds. The topological polar surface area (TPSA) is 84.9 Å². The van der Waals surface area contributed by atoms with Crippen molar-refractivity contribution in [3.05, 3.63) is 83.7 Å². The van der Waals surface area contributed by atoms with Crippen molar-refractivity contribution in [2.75, 3.05) is 26.0 Å². The molecule has 0 radical (unpaired) electrons. The van der Waals surface area contributed by atoms with Crippen molar-refractivity contribution in [3.8, 4) is 11.5 Å². The number of carbonyl (C=O) groups excluding carboxylic acids is 1. The summed E-state index contributed by atoms with van der Waals surface area (Å²) < 4.78 is 51.8. The number of hydrogen-bond acceptors (Lipinski definition) is 5. The van der Waals surface area contributed by atoms with Crippen LogP contribution < -0.4 is 14.2 Å². The van der Waals surface area contributed by atoms with Crippen LogP contribution in [0.5, 0.6) is 11.5 Å². The Labute approximate surface area is 186 Å². The first-order chi connectivity index (χ1) is 15.2. The van der Waals surface area contributed by atoms with Gasteiger partial charge in [-0.15, -0.1) is 0 Å². The van der Waals surface area contributed by atoms with Crippen LogP contribution in [-0.2, 0) is 16.6 Å². The average Bonchev–Trinajstić information content (AvgIpc) is 2.79. The minimum absolute atomic E-state index is 0.000153. The van der Waals surface area contributed by atoms with Crippen LogP contribution in [0.4, 0.5) is 10.1 Å². The summed E-state index contributed by atoms with van der Waals surface area (Å²) in [6.45, 7) is 0.176. The van der Waals surface area contributed by atoms with E-state index in [0.29, 0.717) is 22.6 Å². The van der Waals surface area contributed by atoms with E-state index in [1.54, 1.807) is 37.4 Å². The lowest BCUT2D eigenvalue weighted by molar-refractivity contribution is 0.0785. The zero-order chi connectivity index (χ0) is 23.3. The molecule has 0 fully saturated rings. The van der Waals surface area contributed by atoms with Gasteiger partial charge in [0.2, 0.25) is 0 Å². The van der Waals surface area contributed by atoms with Gasteiger partial charge in [-0.3, -0.25) is 9.52 Å². The van der Waals surface area contributed by atoms with Crippen LogP contribution in [0.3, 0.4) is 0 Å². The van der Waals surface area contributed by atoms with Gasteiger partial charge in [0.05, 0.1) is 24.8 Å². The highest BCUT2D eigenvalue weighted by Crippen LogP contribution is 2.26. The predicted octanol–water partition coefficient (Wildman–Crippen LogP) is 3.92. The molecular weight excluding hydrogens is 435 g/mol. The first-order valence-corrected chi connectivity index (χ1v) is 11.1. The number of para-hydroxylation sites is 2. The molecule has 7 nitrogen and oxygen atoms in total. The fourth-order valence-corrected chi connectivity index (χ4v) is 4.15. The third-order valence-electron chi connectivity index (χ3n) is 4.75. The molecule has 168 valence electrons. The van der Waals surface area contributed by atoms with Crippen LogP contribution in [0.15, 0.2) is 71.6 Å². The second-order valence-corrected chi connectivity index (χ2v) is 8.64. The number of anilines is 1.